The van der Waals surface area contributed by atoms with E-state index in [1.165, 1.54) is 18.9 Å². The molecule has 0 bridgehead atoms. The van der Waals surface area contributed by atoms with Crippen LogP contribution in [0.2, 0.25) is 5.02 Å². The number of amides is 2. The summed E-state index contributed by atoms with van der Waals surface area (Å²) in [6.45, 7) is 5.41. The predicted molar refractivity (Wildman–Crippen MR) is 98.3 cm³/mol. The zero-order valence-electron chi connectivity index (χ0n) is 14.8. The molecule has 3 rings (SSSR count). The Hall–Kier alpha value is -1.33. The highest BCUT2D eigenvalue weighted by Crippen LogP contribution is 2.30. The molecule has 1 saturated carbocycles. The highest BCUT2D eigenvalue weighted by Gasteiger charge is 2.33. The van der Waals surface area contributed by atoms with Crippen LogP contribution in [0.3, 0.4) is 0 Å². The number of benzene rings is 1. The fraction of sp³-hybridized carbons (Fsp3) is 0.632. The summed E-state index contributed by atoms with van der Waals surface area (Å²) in [6, 6.07) is 5.21. The van der Waals surface area contributed by atoms with Crippen LogP contribution >= 0.6 is 11.6 Å². The van der Waals surface area contributed by atoms with Crippen molar-refractivity contribution in [3.63, 3.8) is 0 Å². The van der Waals surface area contributed by atoms with Crippen molar-refractivity contribution in [2.24, 2.45) is 0 Å². The van der Waals surface area contributed by atoms with Gasteiger partial charge in [-0.15, -0.1) is 0 Å². The zero-order valence-corrected chi connectivity index (χ0v) is 15.6. The van der Waals surface area contributed by atoms with Crippen LogP contribution in [0.5, 0.6) is 0 Å². The number of nitrogens with zero attached hydrogens (tertiary/aromatic N) is 2. The number of hydrogen-bond donors (Lipinski definition) is 1. The second-order valence-electron chi connectivity index (χ2n) is 7.17. The van der Waals surface area contributed by atoms with Crippen molar-refractivity contribution in [1.82, 2.24) is 15.1 Å². The van der Waals surface area contributed by atoms with E-state index >= 15 is 0 Å². The van der Waals surface area contributed by atoms with Crippen molar-refractivity contribution in [1.29, 1.82) is 0 Å². The number of hydrogen-bond acceptors (Lipinski definition) is 2. The Bertz CT molecular complexity index is 582. The van der Waals surface area contributed by atoms with E-state index in [1.807, 2.05) is 0 Å². The molecule has 4 nitrogen and oxygen atoms in total. The van der Waals surface area contributed by atoms with E-state index < -0.39 is 0 Å². The summed E-state index contributed by atoms with van der Waals surface area (Å²) in [6.07, 6.45) is 5.43. The smallest absolute Gasteiger partial charge is 0.317 e. The fourth-order valence-electron chi connectivity index (χ4n) is 3.46. The molecular formula is C19H27ClFN3O. The summed E-state index contributed by atoms with van der Waals surface area (Å²) >= 11 is 6.12. The van der Waals surface area contributed by atoms with Gasteiger partial charge < -0.3 is 15.1 Å². The minimum absolute atomic E-state index is 0.115. The number of halogens is 2. The number of rotatable bonds is 7. The third kappa shape index (κ3) is 4.85. The van der Waals surface area contributed by atoms with Crippen molar-refractivity contribution in [3.05, 3.63) is 34.6 Å². The molecule has 1 aromatic carbocycles. The average Bonchev–Trinajstić information content (AvgIpc) is 3.26. The minimum atomic E-state index is -0.353. The lowest BCUT2D eigenvalue weighted by atomic mass is 10.2. The molecular weight excluding hydrogens is 341 g/mol. The van der Waals surface area contributed by atoms with Crippen molar-refractivity contribution in [2.45, 2.75) is 57.7 Å². The molecule has 0 unspecified atom stereocenters. The second kappa shape index (κ2) is 8.37. The first-order chi connectivity index (χ1) is 12.1. The molecule has 1 heterocycles. The van der Waals surface area contributed by atoms with Crippen LogP contribution in [0.1, 0.15) is 44.6 Å². The SMILES string of the molecule is C[C@H](CCNC(=O)N(Cc1c(F)cccc1Cl)C1CC1)N1CCCC1. The summed E-state index contributed by atoms with van der Waals surface area (Å²) in [7, 11) is 0. The van der Waals surface area contributed by atoms with Crippen LogP contribution in [0.25, 0.3) is 0 Å². The van der Waals surface area contributed by atoms with E-state index in [0.29, 0.717) is 23.2 Å². The van der Waals surface area contributed by atoms with Gasteiger partial charge in [-0.2, -0.15) is 0 Å². The molecule has 1 saturated heterocycles. The summed E-state index contributed by atoms with van der Waals surface area (Å²) < 4.78 is 14.0. The van der Waals surface area contributed by atoms with E-state index in [4.69, 9.17) is 11.6 Å². The Morgan fingerprint density at radius 1 is 1.40 bits per heavy atom. The topological polar surface area (TPSA) is 35.6 Å². The molecule has 2 fully saturated rings. The maximum Gasteiger partial charge on any atom is 0.317 e. The Kier molecular flexibility index (Phi) is 6.18. The number of carbonyl (C=O) groups is 1. The van der Waals surface area contributed by atoms with Gasteiger partial charge >= 0.3 is 6.03 Å². The van der Waals surface area contributed by atoms with Gasteiger partial charge in [-0.1, -0.05) is 17.7 Å². The largest absolute Gasteiger partial charge is 0.338 e. The summed E-state index contributed by atoms with van der Waals surface area (Å²) in [5, 5.41) is 3.39. The monoisotopic (exact) mass is 367 g/mol. The molecule has 0 spiro atoms. The summed E-state index contributed by atoms with van der Waals surface area (Å²) in [5.74, 6) is -0.353. The van der Waals surface area contributed by atoms with E-state index in [1.54, 1.807) is 17.0 Å². The van der Waals surface area contributed by atoms with Crippen LogP contribution in [0.4, 0.5) is 9.18 Å². The van der Waals surface area contributed by atoms with Crippen molar-refractivity contribution in [2.75, 3.05) is 19.6 Å². The number of likely N-dealkylation sites (tertiary alicyclic amines) is 1. The van der Waals surface area contributed by atoms with Crippen molar-refractivity contribution >= 4 is 17.6 Å². The van der Waals surface area contributed by atoms with Gasteiger partial charge in [0.1, 0.15) is 5.82 Å². The van der Waals surface area contributed by atoms with Gasteiger partial charge in [0.2, 0.25) is 0 Å². The van der Waals surface area contributed by atoms with Gasteiger partial charge in [0.25, 0.3) is 0 Å². The highest BCUT2D eigenvalue weighted by molar-refractivity contribution is 6.31. The molecule has 25 heavy (non-hydrogen) atoms. The van der Waals surface area contributed by atoms with Crippen molar-refractivity contribution < 1.29 is 9.18 Å². The Labute approximate surface area is 154 Å². The standard InChI is InChI=1S/C19H27ClFN3O/c1-14(23-11-2-3-12-23)9-10-22-19(25)24(15-7-8-15)13-16-17(20)5-4-6-18(16)21/h4-6,14-15H,2-3,7-13H2,1H3,(H,22,25)/t14-/m1/s1. The van der Waals surface area contributed by atoms with E-state index in [0.717, 1.165) is 32.4 Å². The lowest BCUT2D eigenvalue weighted by Gasteiger charge is -2.26. The van der Waals surface area contributed by atoms with Crippen LogP contribution in [-0.4, -0.2) is 47.5 Å². The molecule has 2 amide bonds. The van der Waals surface area contributed by atoms with Gasteiger partial charge in [-0.05, 0) is 64.3 Å². The minimum Gasteiger partial charge on any atom is -0.338 e. The highest BCUT2D eigenvalue weighted by atomic mass is 35.5. The van der Waals surface area contributed by atoms with E-state index in [9.17, 15) is 9.18 Å². The van der Waals surface area contributed by atoms with Crippen LogP contribution in [0.15, 0.2) is 18.2 Å². The van der Waals surface area contributed by atoms with Gasteiger partial charge in [0.05, 0.1) is 6.54 Å². The summed E-state index contributed by atoms with van der Waals surface area (Å²) in [5.41, 5.74) is 0.400. The Morgan fingerprint density at radius 3 is 2.76 bits per heavy atom. The Balaban J connectivity index is 1.53. The maximum absolute atomic E-state index is 14.0. The van der Waals surface area contributed by atoms with Gasteiger partial charge in [0, 0.05) is 29.2 Å². The zero-order chi connectivity index (χ0) is 17.8. The summed E-state index contributed by atoms with van der Waals surface area (Å²) in [4.78, 5) is 16.8. The molecule has 6 heteroatoms. The third-order valence-electron chi connectivity index (χ3n) is 5.24. The molecule has 0 radical (unpaired) electrons. The molecule has 1 atom stereocenters. The quantitative estimate of drug-likeness (QED) is 0.789. The maximum atomic E-state index is 14.0. The van der Waals surface area contributed by atoms with Crippen molar-refractivity contribution in [3.8, 4) is 0 Å². The molecule has 1 aliphatic heterocycles. The molecule has 1 N–H and O–H groups in total. The Morgan fingerprint density at radius 2 is 2.12 bits per heavy atom. The predicted octanol–water partition coefficient (Wildman–Crippen LogP) is 4.03. The average molecular weight is 368 g/mol. The molecule has 1 aliphatic carbocycles. The van der Waals surface area contributed by atoms with Gasteiger partial charge in [-0.25, -0.2) is 9.18 Å². The number of urea groups is 1. The fourth-order valence-corrected chi connectivity index (χ4v) is 3.68. The van der Waals surface area contributed by atoms with Crippen LogP contribution < -0.4 is 5.32 Å². The number of nitrogens with one attached hydrogen (secondary N) is 1. The molecule has 138 valence electrons. The lowest BCUT2D eigenvalue weighted by Crippen LogP contribution is -2.43. The number of carbonyl (C=O) groups excluding carboxylic acids is 1. The van der Waals surface area contributed by atoms with E-state index in [-0.39, 0.29) is 24.4 Å². The second-order valence-corrected chi connectivity index (χ2v) is 7.58. The molecule has 0 aromatic heterocycles. The normalized spacial score (nSPS) is 19.0. The van der Waals surface area contributed by atoms with Crippen LogP contribution in [0, 0.1) is 5.82 Å². The lowest BCUT2D eigenvalue weighted by molar-refractivity contribution is 0.188. The first-order valence-electron chi connectivity index (χ1n) is 9.27. The van der Waals surface area contributed by atoms with Gasteiger partial charge in [0.15, 0.2) is 0 Å². The third-order valence-corrected chi connectivity index (χ3v) is 5.60. The van der Waals surface area contributed by atoms with Gasteiger partial charge in [-0.3, -0.25) is 0 Å². The molecule has 2 aliphatic rings. The first-order valence-corrected chi connectivity index (χ1v) is 9.65. The molecule has 1 aromatic rings. The first kappa shape index (κ1) is 18.5. The van der Waals surface area contributed by atoms with Crippen LogP contribution in [-0.2, 0) is 6.54 Å². The van der Waals surface area contributed by atoms with E-state index in [2.05, 4.69) is 17.1 Å².